The van der Waals surface area contributed by atoms with Crippen LogP contribution in [-0.2, 0) is 0 Å². The van der Waals surface area contributed by atoms with Gasteiger partial charge in [-0.3, -0.25) is 0 Å². The predicted octanol–water partition coefficient (Wildman–Crippen LogP) is 2.49. The second kappa shape index (κ2) is 1.62. The summed E-state index contributed by atoms with van der Waals surface area (Å²) >= 11 is 0. The Kier molecular flexibility index (Phi) is 0.370. The van der Waals surface area contributed by atoms with Crippen LogP contribution < -0.4 is 0 Å². The van der Waals surface area contributed by atoms with Crippen LogP contribution in [0, 0.1) is 0 Å². The molecule has 0 unspecified atom stereocenters. The first-order valence-corrected chi connectivity index (χ1v) is 5.12. The fraction of sp³-hybridized carbons (Fsp3) is 1.00. The van der Waals surface area contributed by atoms with Crippen LogP contribution in [0.3, 0.4) is 0 Å². The zero-order chi connectivity index (χ0) is 10.3. The van der Waals surface area contributed by atoms with Gasteiger partial charge in [-0.1, -0.05) is 37.9 Å². The lowest BCUT2D eigenvalue weighted by Crippen LogP contribution is -2.17. The maximum atomic E-state index is 7.37. The first kappa shape index (κ1) is 1.60. The molecule has 0 amide bonds. The zero-order valence-electron chi connectivity index (χ0n) is 10.3. The van der Waals surface area contributed by atoms with Gasteiger partial charge in [0.15, 0.2) is 0 Å². The molecule has 0 nitrogen and oxygen atoms in total. The van der Waals surface area contributed by atoms with Crippen LogP contribution in [0.1, 0.15) is 21.1 Å². The van der Waals surface area contributed by atoms with Crippen LogP contribution in [0.15, 0.2) is 0 Å². The SMILES string of the molecule is [2H]C([2H])([2H])[Si]1(C([2H])([2H])[2H])CCCC1. The average molecular weight is 120 g/mol. The summed E-state index contributed by atoms with van der Waals surface area (Å²) in [7, 11) is -3.04. The lowest BCUT2D eigenvalue weighted by molar-refractivity contribution is 0.935. The maximum Gasteiger partial charge on any atom is 0.0473 e. The van der Waals surface area contributed by atoms with Crippen molar-refractivity contribution >= 4 is 8.07 Å². The molecule has 0 atom stereocenters. The summed E-state index contributed by atoms with van der Waals surface area (Å²) in [5, 5.41) is 0. The minimum atomic E-state index is -3.04. The third-order valence-electron chi connectivity index (χ3n) is 1.46. The van der Waals surface area contributed by atoms with Gasteiger partial charge in [0.2, 0.25) is 0 Å². The second-order valence-corrected chi connectivity index (χ2v) is 5.45. The van der Waals surface area contributed by atoms with Gasteiger partial charge < -0.3 is 0 Å². The quantitative estimate of drug-likeness (QED) is 0.431. The summed E-state index contributed by atoms with van der Waals surface area (Å²) in [5.41, 5.74) is 0. The number of hydrogen-bond donors (Lipinski definition) is 0. The second-order valence-electron chi connectivity index (χ2n) is 2.29. The third-order valence-corrected chi connectivity index (χ3v) is 3.87. The Morgan fingerprint density at radius 2 is 1.86 bits per heavy atom. The van der Waals surface area contributed by atoms with Crippen molar-refractivity contribution in [1.29, 1.82) is 0 Å². The average Bonchev–Trinajstić information content (AvgIpc) is 2.28. The van der Waals surface area contributed by atoms with Gasteiger partial charge in [-0.05, 0) is 0 Å². The van der Waals surface area contributed by atoms with Crippen LogP contribution in [0.25, 0.3) is 0 Å². The lowest BCUT2D eigenvalue weighted by Gasteiger charge is -2.10. The van der Waals surface area contributed by atoms with Crippen molar-refractivity contribution in [2.45, 2.75) is 37.9 Å². The van der Waals surface area contributed by atoms with Crippen LogP contribution in [0.2, 0.25) is 25.0 Å². The molecule has 0 bridgehead atoms. The molecule has 0 aromatic carbocycles. The fourth-order valence-corrected chi connectivity index (χ4v) is 2.94. The van der Waals surface area contributed by atoms with E-state index in [1.54, 1.807) is 0 Å². The normalized spacial score (nSPS) is 44.6. The summed E-state index contributed by atoms with van der Waals surface area (Å²) in [6, 6.07) is 0.889. The minimum Gasteiger partial charge on any atom is -0.0693 e. The number of hydrogen-bond acceptors (Lipinski definition) is 0. The molecule has 1 rings (SSSR count). The molecule has 0 aliphatic carbocycles. The standard InChI is InChI=1S/C6H14Si/c1-7(2)5-3-4-6-7/h3-6H2,1-2H3/i1D3,2D3. The van der Waals surface area contributed by atoms with Gasteiger partial charge in [0.05, 0.1) is 0 Å². The van der Waals surface area contributed by atoms with E-state index in [4.69, 9.17) is 8.22 Å². The van der Waals surface area contributed by atoms with E-state index in [1.807, 2.05) is 0 Å². The molecule has 0 N–H and O–H groups in total. The molecule has 0 aromatic rings. The molecule has 1 fully saturated rings. The maximum absolute atomic E-state index is 7.37. The molecular formula is C6H14Si. The fourth-order valence-electron chi connectivity index (χ4n) is 0.979. The van der Waals surface area contributed by atoms with E-state index in [1.165, 1.54) is 0 Å². The van der Waals surface area contributed by atoms with Gasteiger partial charge in [0.25, 0.3) is 0 Å². The van der Waals surface area contributed by atoms with Gasteiger partial charge in [-0.25, -0.2) is 0 Å². The van der Waals surface area contributed by atoms with Crippen molar-refractivity contribution in [3.05, 3.63) is 0 Å². The van der Waals surface area contributed by atoms with Gasteiger partial charge in [0, 0.05) is 16.3 Å². The Hall–Kier alpha value is 0.217. The van der Waals surface area contributed by atoms with Crippen molar-refractivity contribution in [1.82, 2.24) is 0 Å². The summed E-state index contributed by atoms with van der Waals surface area (Å²) < 4.78 is 44.2. The van der Waals surface area contributed by atoms with Crippen molar-refractivity contribution in [2.24, 2.45) is 0 Å². The van der Waals surface area contributed by atoms with Crippen LogP contribution in [0.4, 0.5) is 0 Å². The van der Waals surface area contributed by atoms with E-state index in [2.05, 4.69) is 0 Å². The van der Waals surface area contributed by atoms with E-state index in [0.29, 0.717) is 12.1 Å². The molecule has 0 aromatic heterocycles. The molecule has 0 spiro atoms. The summed E-state index contributed by atoms with van der Waals surface area (Å²) in [4.78, 5) is 0. The Labute approximate surface area is 55.4 Å². The molecule has 0 saturated carbocycles. The largest absolute Gasteiger partial charge is 0.0693 e. The molecule has 7 heavy (non-hydrogen) atoms. The highest BCUT2D eigenvalue weighted by molar-refractivity contribution is 6.77. The Balaban J connectivity index is 3.02. The van der Waals surface area contributed by atoms with Crippen LogP contribution in [-0.4, -0.2) is 8.07 Å². The molecule has 1 heterocycles. The summed E-state index contributed by atoms with van der Waals surface area (Å²) in [5.74, 6) is 0. The smallest absolute Gasteiger partial charge is 0.0473 e. The minimum absolute atomic E-state index is 0.444. The van der Waals surface area contributed by atoms with Crippen molar-refractivity contribution < 1.29 is 8.22 Å². The molecular weight excluding hydrogens is 100 g/mol. The van der Waals surface area contributed by atoms with E-state index in [-0.39, 0.29) is 0 Å². The van der Waals surface area contributed by atoms with Crippen LogP contribution in [0.5, 0.6) is 0 Å². The van der Waals surface area contributed by atoms with E-state index >= 15 is 0 Å². The highest BCUT2D eigenvalue weighted by Crippen LogP contribution is 2.28. The highest BCUT2D eigenvalue weighted by Gasteiger charge is 2.24. The summed E-state index contributed by atoms with van der Waals surface area (Å²) in [6.45, 7) is -4.43. The van der Waals surface area contributed by atoms with Gasteiger partial charge in [-0.15, -0.1) is 0 Å². The molecule has 42 valence electrons. The molecule has 1 heteroatoms. The summed E-state index contributed by atoms with van der Waals surface area (Å²) in [6.07, 6.45) is 1.56. The van der Waals surface area contributed by atoms with Crippen LogP contribution >= 0.6 is 0 Å². The van der Waals surface area contributed by atoms with E-state index in [9.17, 15) is 0 Å². The van der Waals surface area contributed by atoms with Gasteiger partial charge in [-0.2, -0.15) is 0 Å². The first-order chi connectivity index (χ1) is 5.71. The first-order valence-electron chi connectivity index (χ1n) is 5.71. The Bertz CT molecular complexity index is 170. The molecule has 1 aliphatic heterocycles. The lowest BCUT2D eigenvalue weighted by atomic mass is 10.4. The van der Waals surface area contributed by atoms with Crippen molar-refractivity contribution in [3.8, 4) is 0 Å². The van der Waals surface area contributed by atoms with E-state index < -0.39 is 21.0 Å². The molecule has 1 saturated heterocycles. The van der Waals surface area contributed by atoms with Crippen molar-refractivity contribution in [2.75, 3.05) is 0 Å². The molecule has 1 aliphatic rings. The topological polar surface area (TPSA) is 0 Å². The highest BCUT2D eigenvalue weighted by atomic mass is 28.3. The zero-order valence-corrected chi connectivity index (χ0v) is 5.33. The van der Waals surface area contributed by atoms with Crippen molar-refractivity contribution in [3.63, 3.8) is 0 Å². The monoisotopic (exact) mass is 120 g/mol. The Morgan fingerprint density at radius 1 is 1.29 bits per heavy atom. The molecule has 0 radical (unpaired) electrons. The third kappa shape index (κ3) is 1.30. The van der Waals surface area contributed by atoms with Gasteiger partial charge >= 0.3 is 0 Å². The predicted molar refractivity (Wildman–Crippen MR) is 36.3 cm³/mol. The van der Waals surface area contributed by atoms with Gasteiger partial charge in [0.1, 0.15) is 0 Å². The Morgan fingerprint density at radius 3 is 2.14 bits per heavy atom. The number of rotatable bonds is 0. The van der Waals surface area contributed by atoms with E-state index in [0.717, 1.165) is 12.8 Å².